The predicted octanol–water partition coefficient (Wildman–Crippen LogP) is 1.63. The van der Waals surface area contributed by atoms with Crippen LogP contribution in [0.15, 0.2) is 0 Å². The van der Waals surface area contributed by atoms with Crippen LogP contribution in [-0.2, 0) is 4.74 Å². The van der Waals surface area contributed by atoms with Crippen molar-refractivity contribution in [2.45, 2.75) is 56.7 Å². The first-order valence-electron chi connectivity index (χ1n) is 7.35. The van der Waals surface area contributed by atoms with Gasteiger partial charge in [-0.3, -0.25) is 0 Å². The highest BCUT2D eigenvalue weighted by Gasteiger charge is 2.35. The van der Waals surface area contributed by atoms with Gasteiger partial charge >= 0.3 is 0 Å². The molecule has 0 aromatic rings. The zero-order valence-corrected chi connectivity index (χ0v) is 11.0. The highest BCUT2D eigenvalue weighted by Crippen LogP contribution is 2.30. The third kappa shape index (κ3) is 2.83. The molecule has 1 N–H and O–H groups in total. The van der Waals surface area contributed by atoms with E-state index in [1.165, 1.54) is 45.1 Å². The van der Waals surface area contributed by atoms with Gasteiger partial charge in [-0.2, -0.15) is 0 Å². The molecule has 0 aromatic heterocycles. The molecular weight excluding hydrogens is 212 g/mol. The molecule has 0 amide bonds. The molecule has 2 bridgehead atoms. The third-order valence-corrected chi connectivity index (χ3v) is 4.96. The molecule has 3 heteroatoms. The van der Waals surface area contributed by atoms with Gasteiger partial charge in [-0.05, 0) is 51.5 Å². The van der Waals surface area contributed by atoms with Crippen LogP contribution >= 0.6 is 0 Å². The lowest BCUT2D eigenvalue weighted by atomic mass is 9.95. The quantitative estimate of drug-likeness (QED) is 0.809. The lowest BCUT2D eigenvalue weighted by Crippen LogP contribution is -2.48. The fourth-order valence-corrected chi connectivity index (χ4v) is 3.87. The van der Waals surface area contributed by atoms with Crippen molar-refractivity contribution in [2.75, 3.05) is 26.8 Å². The summed E-state index contributed by atoms with van der Waals surface area (Å²) in [6.07, 6.45) is 8.09. The number of rotatable bonds is 3. The van der Waals surface area contributed by atoms with Crippen molar-refractivity contribution >= 4 is 0 Å². The zero-order chi connectivity index (χ0) is 11.7. The monoisotopic (exact) mass is 238 g/mol. The molecule has 0 spiro atoms. The number of piperidine rings is 1. The van der Waals surface area contributed by atoms with Crippen molar-refractivity contribution in [1.82, 2.24) is 10.2 Å². The molecule has 3 aliphatic heterocycles. The van der Waals surface area contributed by atoms with Crippen LogP contribution in [-0.4, -0.2) is 49.8 Å². The molecule has 3 saturated heterocycles. The molecule has 0 aromatic carbocycles. The Morgan fingerprint density at radius 2 is 1.71 bits per heavy atom. The minimum Gasteiger partial charge on any atom is -0.381 e. The van der Waals surface area contributed by atoms with E-state index in [0.717, 1.165) is 37.3 Å². The summed E-state index contributed by atoms with van der Waals surface area (Å²) in [5, 5.41) is 3.73. The Kier molecular flexibility index (Phi) is 3.69. The zero-order valence-electron chi connectivity index (χ0n) is 11.0. The SMILES string of the molecule is CN(CC1CCOCC1)C1C[C@H]2CC[C@@H](C1)N2. The van der Waals surface area contributed by atoms with E-state index in [0.29, 0.717) is 0 Å². The second-order valence-corrected chi connectivity index (χ2v) is 6.26. The second kappa shape index (κ2) is 5.25. The van der Waals surface area contributed by atoms with E-state index in [-0.39, 0.29) is 0 Å². The second-order valence-electron chi connectivity index (χ2n) is 6.26. The number of fused-ring (bicyclic) bond motifs is 2. The largest absolute Gasteiger partial charge is 0.381 e. The van der Waals surface area contributed by atoms with Gasteiger partial charge in [0.05, 0.1) is 0 Å². The Morgan fingerprint density at radius 3 is 2.35 bits per heavy atom. The van der Waals surface area contributed by atoms with Crippen LogP contribution in [0.1, 0.15) is 38.5 Å². The topological polar surface area (TPSA) is 24.5 Å². The summed E-state index contributed by atoms with van der Waals surface area (Å²) < 4.78 is 5.44. The maximum Gasteiger partial charge on any atom is 0.0469 e. The van der Waals surface area contributed by atoms with Crippen LogP contribution < -0.4 is 5.32 Å². The molecule has 1 unspecified atom stereocenters. The molecule has 0 saturated carbocycles. The predicted molar refractivity (Wildman–Crippen MR) is 69.1 cm³/mol. The van der Waals surface area contributed by atoms with E-state index >= 15 is 0 Å². The Balaban J connectivity index is 1.49. The van der Waals surface area contributed by atoms with Crippen LogP contribution in [0.4, 0.5) is 0 Å². The first kappa shape index (κ1) is 11.9. The van der Waals surface area contributed by atoms with E-state index < -0.39 is 0 Å². The Bertz CT molecular complexity index is 241. The molecule has 0 aliphatic carbocycles. The fourth-order valence-electron chi connectivity index (χ4n) is 3.87. The summed E-state index contributed by atoms with van der Waals surface area (Å²) in [5.74, 6) is 0.876. The van der Waals surface area contributed by atoms with Crippen molar-refractivity contribution in [3.63, 3.8) is 0 Å². The molecule has 98 valence electrons. The van der Waals surface area contributed by atoms with Crippen LogP contribution in [0.3, 0.4) is 0 Å². The van der Waals surface area contributed by atoms with E-state index in [4.69, 9.17) is 4.74 Å². The first-order valence-corrected chi connectivity index (χ1v) is 7.35. The summed E-state index contributed by atoms with van der Waals surface area (Å²) in [5.41, 5.74) is 0. The van der Waals surface area contributed by atoms with Crippen molar-refractivity contribution < 1.29 is 4.74 Å². The molecular formula is C14H26N2O. The average molecular weight is 238 g/mol. The molecule has 3 nitrogen and oxygen atoms in total. The van der Waals surface area contributed by atoms with Gasteiger partial charge in [0.25, 0.3) is 0 Å². The molecule has 0 radical (unpaired) electrons. The standard InChI is InChI=1S/C14H26N2O/c1-16(10-11-4-6-17-7-5-11)14-8-12-2-3-13(9-14)15-12/h11-15H,2-10H2,1H3/t12-,13+,14?. The van der Waals surface area contributed by atoms with Gasteiger partial charge in [0.2, 0.25) is 0 Å². The van der Waals surface area contributed by atoms with Gasteiger partial charge < -0.3 is 15.0 Å². The van der Waals surface area contributed by atoms with Crippen molar-refractivity contribution in [3.05, 3.63) is 0 Å². The van der Waals surface area contributed by atoms with Crippen LogP contribution in [0.2, 0.25) is 0 Å². The van der Waals surface area contributed by atoms with E-state index in [1.807, 2.05) is 0 Å². The van der Waals surface area contributed by atoms with Gasteiger partial charge in [0.15, 0.2) is 0 Å². The first-order chi connectivity index (χ1) is 8.31. The summed E-state index contributed by atoms with van der Waals surface area (Å²) in [7, 11) is 2.34. The van der Waals surface area contributed by atoms with Crippen LogP contribution in [0.25, 0.3) is 0 Å². The minimum absolute atomic E-state index is 0.816. The van der Waals surface area contributed by atoms with Crippen LogP contribution in [0, 0.1) is 5.92 Å². The molecule has 17 heavy (non-hydrogen) atoms. The normalized spacial score (nSPS) is 38.8. The maximum absolute atomic E-state index is 5.44. The molecule has 3 fully saturated rings. The van der Waals surface area contributed by atoms with Gasteiger partial charge in [-0.25, -0.2) is 0 Å². The Labute approximate surface area is 105 Å². The fraction of sp³-hybridized carbons (Fsp3) is 1.00. The molecule has 3 heterocycles. The smallest absolute Gasteiger partial charge is 0.0469 e. The van der Waals surface area contributed by atoms with Gasteiger partial charge in [0, 0.05) is 37.9 Å². The van der Waals surface area contributed by atoms with Gasteiger partial charge in [0.1, 0.15) is 0 Å². The maximum atomic E-state index is 5.44. The lowest BCUT2D eigenvalue weighted by Gasteiger charge is -2.37. The summed E-state index contributed by atoms with van der Waals surface area (Å²) in [6.45, 7) is 3.25. The lowest BCUT2D eigenvalue weighted by molar-refractivity contribution is 0.0459. The highest BCUT2D eigenvalue weighted by molar-refractivity contribution is 4.95. The highest BCUT2D eigenvalue weighted by atomic mass is 16.5. The summed E-state index contributed by atoms with van der Waals surface area (Å²) >= 11 is 0. The number of hydrogen-bond donors (Lipinski definition) is 1. The summed E-state index contributed by atoms with van der Waals surface area (Å²) in [6, 6.07) is 2.46. The summed E-state index contributed by atoms with van der Waals surface area (Å²) in [4.78, 5) is 2.64. The van der Waals surface area contributed by atoms with Crippen molar-refractivity contribution in [1.29, 1.82) is 0 Å². The van der Waals surface area contributed by atoms with Crippen molar-refractivity contribution in [3.8, 4) is 0 Å². The average Bonchev–Trinajstić information content (AvgIpc) is 2.69. The Morgan fingerprint density at radius 1 is 1.06 bits per heavy atom. The Hall–Kier alpha value is -0.120. The third-order valence-electron chi connectivity index (χ3n) is 4.96. The van der Waals surface area contributed by atoms with E-state index in [1.54, 1.807) is 0 Å². The number of nitrogens with one attached hydrogen (secondary N) is 1. The molecule has 3 atom stereocenters. The number of ether oxygens (including phenoxy) is 1. The van der Waals surface area contributed by atoms with E-state index in [9.17, 15) is 0 Å². The minimum atomic E-state index is 0.816. The van der Waals surface area contributed by atoms with Gasteiger partial charge in [-0.1, -0.05) is 0 Å². The van der Waals surface area contributed by atoms with Crippen LogP contribution in [0.5, 0.6) is 0 Å². The number of nitrogens with zero attached hydrogens (tertiary/aromatic N) is 1. The van der Waals surface area contributed by atoms with E-state index in [2.05, 4.69) is 17.3 Å². The molecule has 3 rings (SSSR count). The molecule has 3 aliphatic rings. The van der Waals surface area contributed by atoms with Crippen molar-refractivity contribution in [2.24, 2.45) is 5.92 Å². The van der Waals surface area contributed by atoms with Gasteiger partial charge in [-0.15, -0.1) is 0 Å². The number of hydrogen-bond acceptors (Lipinski definition) is 3.